The predicted octanol–water partition coefficient (Wildman–Crippen LogP) is 2.26. The molecule has 4 nitrogen and oxygen atoms in total. The third kappa shape index (κ3) is 2.97. The number of hydrogen-bond acceptors (Lipinski definition) is 3. The average Bonchev–Trinajstić information content (AvgIpc) is 2.87. The summed E-state index contributed by atoms with van der Waals surface area (Å²) in [4.78, 5) is 14.3. The number of benzene rings is 1. The molecule has 2 heterocycles. The van der Waals surface area contributed by atoms with Crippen LogP contribution >= 0.6 is 0 Å². The van der Waals surface area contributed by atoms with E-state index in [1.54, 1.807) is 7.11 Å². The molecule has 0 saturated carbocycles. The highest BCUT2D eigenvalue weighted by Gasteiger charge is 2.51. The molecule has 3 rings (SSSR count). The Kier molecular flexibility index (Phi) is 4.00. The fourth-order valence-corrected chi connectivity index (χ4v) is 3.38. The minimum Gasteiger partial charge on any atom is -0.385 e. The zero-order valence-corrected chi connectivity index (χ0v) is 12.8. The molecule has 2 aliphatic rings. The molecule has 0 N–H and O–H groups in total. The van der Waals surface area contributed by atoms with E-state index in [0.29, 0.717) is 5.92 Å². The molecule has 21 heavy (non-hydrogen) atoms. The van der Waals surface area contributed by atoms with E-state index >= 15 is 0 Å². The zero-order chi connectivity index (χ0) is 14.9. The highest BCUT2D eigenvalue weighted by molar-refractivity contribution is 5.95. The third-order valence-corrected chi connectivity index (χ3v) is 4.53. The van der Waals surface area contributed by atoms with Crippen LogP contribution in [0.1, 0.15) is 28.8 Å². The molecule has 1 atom stereocenters. The van der Waals surface area contributed by atoms with E-state index in [1.807, 2.05) is 36.1 Å². The van der Waals surface area contributed by atoms with Crippen molar-refractivity contribution in [3.8, 4) is 0 Å². The van der Waals surface area contributed by atoms with Crippen LogP contribution in [0.15, 0.2) is 24.3 Å². The van der Waals surface area contributed by atoms with Crippen molar-refractivity contribution in [2.45, 2.75) is 25.4 Å². The Morgan fingerprint density at radius 2 is 2.29 bits per heavy atom. The summed E-state index contributed by atoms with van der Waals surface area (Å²) in [5.74, 6) is 0.689. The standard InChI is InChI=1S/C17H23NO3/c1-13-4-3-5-15(8-13)16(19)18-11-17(12-18)9-14(10-21-17)6-7-20-2/h3-5,8,14H,6-7,9-12H2,1-2H3. The van der Waals surface area contributed by atoms with Crippen molar-refractivity contribution in [3.63, 3.8) is 0 Å². The van der Waals surface area contributed by atoms with E-state index in [2.05, 4.69) is 0 Å². The van der Waals surface area contributed by atoms with Gasteiger partial charge >= 0.3 is 0 Å². The molecule has 114 valence electrons. The minimum absolute atomic E-state index is 0.0854. The maximum absolute atomic E-state index is 12.4. The molecule has 2 aliphatic heterocycles. The highest BCUT2D eigenvalue weighted by atomic mass is 16.5. The van der Waals surface area contributed by atoms with E-state index in [0.717, 1.165) is 50.3 Å². The molecular formula is C17H23NO3. The topological polar surface area (TPSA) is 38.8 Å². The summed E-state index contributed by atoms with van der Waals surface area (Å²) >= 11 is 0. The van der Waals surface area contributed by atoms with Crippen molar-refractivity contribution in [1.82, 2.24) is 4.90 Å². The first-order valence-corrected chi connectivity index (χ1v) is 7.61. The van der Waals surface area contributed by atoms with Crippen LogP contribution in [0.4, 0.5) is 0 Å². The largest absolute Gasteiger partial charge is 0.385 e. The van der Waals surface area contributed by atoms with Crippen molar-refractivity contribution in [2.24, 2.45) is 5.92 Å². The van der Waals surface area contributed by atoms with Gasteiger partial charge in [-0.25, -0.2) is 0 Å². The summed E-state index contributed by atoms with van der Waals surface area (Å²) in [6, 6.07) is 7.78. The quantitative estimate of drug-likeness (QED) is 0.853. The molecule has 4 heteroatoms. The normalized spacial score (nSPS) is 23.3. The SMILES string of the molecule is COCCC1COC2(C1)CN(C(=O)c1cccc(C)c1)C2. The molecule has 0 radical (unpaired) electrons. The monoisotopic (exact) mass is 289 g/mol. The molecule has 1 amide bonds. The van der Waals surface area contributed by atoms with Crippen LogP contribution in [-0.2, 0) is 9.47 Å². The van der Waals surface area contributed by atoms with Gasteiger partial charge in [0.25, 0.3) is 5.91 Å². The number of methoxy groups -OCH3 is 1. The van der Waals surface area contributed by atoms with Gasteiger partial charge < -0.3 is 14.4 Å². The minimum atomic E-state index is -0.0854. The number of carbonyl (C=O) groups is 1. The Bertz CT molecular complexity index is 523. The molecule has 0 aliphatic carbocycles. The van der Waals surface area contributed by atoms with E-state index in [9.17, 15) is 4.79 Å². The molecule has 0 aromatic heterocycles. The van der Waals surface area contributed by atoms with E-state index < -0.39 is 0 Å². The van der Waals surface area contributed by atoms with Crippen LogP contribution in [0, 0.1) is 12.8 Å². The molecule has 0 bridgehead atoms. The van der Waals surface area contributed by atoms with E-state index in [1.165, 1.54) is 0 Å². The predicted molar refractivity (Wildman–Crippen MR) is 80.4 cm³/mol. The molecule has 2 saturated heterocycles. The molecule has 1 aromatic rings. The van der Waals surface area contributed by atoms with Gasteiger partial charge in [-0.3, -0.25) is 4.79 Å². The van der Waals surface area contributed by atoms with Crippen LogP contribution in [0.3, 0.4) is 0 Å². The van der Waals surface area contributed by atoms with Crippen molar-refractivity contribution in [3.05, 3.63) is 35.4 Å². The number of hydrogen-bond donors (Lipinski definition) is 0. The molecule has 1 aromatic carbocycles. The van der Waals surface area contributed by atoms with Gasteiger partial charge in [0.15, 0.2) is 0 Å². The first kappa shape index (κ1) is 14.5. The fourth-order valence-electron chi connectivity index (χ4n) is 3.38. The number of amides is 1. The maximum Gasteiger partial charge on any atom is 0.254 e. The molecule has 2 fully saturated rings. The lowest BCUT2D eigenvalue weighted by molar-refractivity contribution is -0.0950. The summed E-state index contributed by atoms with van der Waals surface area (Å²) < 4.78 is 11.1. The fraction of sp³-hybridized carbons (Fsp3) is 0.588. The summed E-state index contributed by atoms with van der Waals surface area (Å²) in [6.07, 6.45) is 2.10. The van der Waals surface area contributed by atoms with Crippen molar-refractivity contribution in [1.29, 1.82) is 0 Å². The van der Waals surface area contributed by atoms with Gasteiger partial charge in [0.1, 0.15) is 5.60 Å². The second kappa shape index (κ2) is 5.78. The zero-order valence-electron chi connectivity index (χ0n) is 12.8. The van der Waals surface area contributed by atoms with Crippen LogP contribution in [0.25, 0.3) is 0 Å². The van der Waals surface area contributed by atoms with Gasteiger partial charge in [-0.15, -0.1) is 0 Å². The second-order valence-electron chi connectivity index (χ2n) is 6.38. The van der Waals surface area contributed by atoms with E-state index in [4.69, 9.17) is 9.47 Å². The number of aryl methyl sites for hydroxylation is 1. The van der Waals surface area contributed by atoms with Gasteiger partial charge in [-0.1, -0.05) is 17.7 Å². The highest BCUT2D eigenvalue weighted by Crippen LogP contribution is 2.39. The van der Waals surface area contributed by atoms with Gasteiger partial charge in [0.2, 0.25) is 0 Å². The number of ether oxygens (including phenoxy) is 2. The number of carbonyl (C=O) groups excluding carboxylic acids is 1. The molecular weight excluding hydrogens is 266 g/mol. The van der Waals surface area contributed by atoms with Crippen LogP contribution < -0.4 is 0 Å². The van der Waals surface area contributed by atoms with Crippen molar-refractivity contribution >= 4 is 5.91 Å². The first-order chi connectivity index (χ1) is 10.1. The lowest BCUT2D eigenvalue weighted by atomic mass is 9.85. The third-order valence-electron chi connectivity index (χ3n) is 4.53. The Morgan fingerprint density at radius 1 is 1.48 bits per heavy atom. The van der Waals surface area contributed by atoms with Crippen molar-refractivity contribution < 1.29 is 14.3 Å². The van der Waals surface area contributed by atoms with Crippen LogP contribution in [-0.4, -0.2) is 49.8 Å². The molecule has 1 spiro atoms. The summed E-state index contributed by atoms with van der Waals surface area (Å²) in [5.41, 5.74) is 1.81. The van der Waals surface area contributed by atoms with Gasteiger partial charge in [0, 0.05) is 19.3 Å². The van der Waals surface area contributed by atoms with Gasteiger partial charge in [-0.05, 0) is 37.8 Å². The van der Waals surface area contributed by atoms with Crippen LogP contribution in [0.5, 0.6) is 0 Å². The van der Waals surface area contributed by atoms with Crippen molar-refractivity contribution in [2.75, 3.05) is 33.4 Å². The average molecular weight is 289 g/mol. The van der Waals surface area contributed by atoms with Gasteiger partial charge in [0.05, 0.1) is 19.7 Å². The Hall–Kier alpha value is -1.39. The first-order valence-electron chi connectivity index (χ1n) is 7.61. The number of nitrogens with zero attached hydrogens (tertiary/aromatic N) is 1. The lowest BCUT2D eigenvalue weighted by Gasteiger charge is -2.47. The van der Waals surface area contributed by atoms with Crippen LogP contribution in [0.2, 0.25) is 0 Å². The van der Waals surface area contributed by atoms with E-state index in [-0.39, 0.29) is 11.5 Å². The summed E-state index contributed by atoms with van der Waals surface area (Å²) in [6.45, 7) is 5.05. The number of likely N-dealkylation sites (tertiary alicyclic amines) is 1. The maximum atomic E-state index is 12.4. The number of rotatable bonds is 4. The Balaban J connectivity index is 1.55. The second-order valence-corrected chi connectivity index (χ2v) is 6.38. The Labute approximate surface area is 126 Å². The summed E-state index contributed by atoms with van der Waals surface area (Å²) in [7, 11) is 1.73. The van der Waals surface area contributed by atoms with Gasteiger partial charge in [-0.2, -0.15) is 0 Å². The molecule has 1 unspecified atom stereocenters. The Morgan fingerprint density at radius 3 is 3.00 bits per heavy atom. The smallest absolute Gasteiger partial charge is 0.254 e. The lowest BCUT2D eigenvalue weighted by Crippen LogP contribution is -2.63. The summed E-state index contributed by atoms with van der Waals surface area (Å²) in [5, 5.41) is 0.